The number of carbonyl (C=O) groups is 4. The van der Waals surface area contributed by atoms with Gasteiger partial charge < -0.3 is 9.84 Å². The molecule has 1 saturated carbocycles. The zero-order valence-corrected chi connectivity index (χ0v) is 30.2. The average molecular weight is 814 g/mol. The molecular weight excluding hydrogens is 785 g/mol. The standard InChI is InChI=1S/C35H28Cl2F6N6O6/c1-46(28-18(36)9-11-22(44-28)34(38,39)40)48-30(51)15-8-7-14-16(24(15)32(48)53)13-17-26(25(14)27-20(50)5-4-6-21(27)55-3)33(54)49(31(17)52)47(2)29-19(37)10-12-23(45-29)35(41,42)43/h4-7,9-12,15-17,24-26,50H,8,13H2,1-3H3. The van der Waals surface area contributed by atoms with E-state index < -0.39 is 94.5 Å². The summed E-state index contributed by atoms with van der Waals surface area (Å²) in [6.07, 6.45) is -8.41. The van der Waals surface area contributed by atoms with Gasteiger partial charge >= 0.3 is 12.4 Å². The van der Waals surface area contributed by atoms with Crippen molar-refractivity contribution in [2.75, 3.05) is 31.2 Å². The second-order valence-electron chi connectivity index (χ2n) is 13.4. The van der Waals surface area contributed by atoms with E-state index in [-0.39, 0.29) is 39.9 Å². The fraction of sp³-hybridized carbons (Fsp3) is 0.371. The Morgan fingerprint density at radius 3 is 1.76 bits per heavy atom. The lowest BCUT2D eigenvalue weighted by molar-refractivity contribution is -0.143. The lowest BCUT2D eigenvalue weighted by Gasteiger charge is -2.44. The molecule has 55 heavy (non-hydrogen) atoms. The molecule has 4 amide bonds. The third-order valence-electron chi connectivity index (χ3n) is 10.6. The number of ether oxygens (including phenoxy) is 1. The molecule has 20 heteroatoms. The molecule has 3 aromatic rings. The number of hydrogen-bond acceptors (Lipinski definition) is 10. The van der Waals surface area contributed by atoms with Gasteiger partial charge in [-0.2, -0.15) is 36.4 Å². The van der Waals surface area contributed by atoms with Gasteiger partial charge in [0.2, 0.25) is 0 Å². The van der Waals surface area contributed by atoms with E-state index in [1.165, 1.54) is 25.3 Å². The summed E-state index contributed by atoms with van der Waals surface area (Å²) >= 11 is 12.5. The Bertz CT molecular complexity index is 2190. The Morgan fingerprint density at radius 2 is 1.25 bits per heavy atom. The van der Waals surface area contributed by atoms with Crippen LogP contribution >= 0.6 is 23.2 Å². The van der Waals surface area contributed by atoms with Crippen LogP contribution in [-0.2, 0) is 31.5 Å². The Morgan fingerprint density at radius 1 is 0.745 bits per heavy atom. The molecule has 2 aliphatic heterocycles. The SMILES string of the molecule is COc1cccc(O)c1C1C2=CCC3C(=O)N(N(C)c4nc(C(F)(F)F)ccc4Cl)C(=O)C3C2CC2C(=O)N(N(C)c3nc(C(F)(F)F)ccc3Cl)C(=O)C21. The Balaban J connectivity index is 1.31. The molecule has 4 aliphatic rings. The monoisotopic (exact) mass is 812 g/mol. The van der Waals surface area contributed by atoms with Crippen molar-refractivity contribution < 1.29 is 55.4 Å². The van der Waals surface area contributed by atoms with Crippen molar-refractivity contribution >= 4 is 58.5 Å². The maximum atomic E-state index is 14.5. The van der Waals surface area contributed by atoms with Crippen molar-refractivity contribution in [1.29, 1.82) is 0 Å². The predicted octanol–water partition coefficient (Wildman–Crippen LogP) is 6.27. The maximum Gasteiger partial charge on any atom is 0.433 e. The molecule has 6 atom stereocenters. The van der Waals surface area contributed by atoms with Crippen LogP contribution in [0.15, 0.2) is 54.1 Å². The summed E-state index contributed by atoms with van der Waals surface area (Å²) in [5, 5.41) is 13.6. The van der Waals surface area contributed by atoms with Crippen LogP contribution in [0.3, 0.4) is 0 Å². The van der Waals surface area contributed by atoms with E-state index >= 15 is 0 Å². The van der Waals surface area contributed by atoms with Crippen LogP contribution in [0, 0.1) is 29.6 Å². The van der Waals surface area contributed by atoms with Crippen LogP contribution < -0.4 is 14.8 Å². The van der Waals surface area contributed by atoms with E-state index in [1.54, 1.807) is 6.08 Å². The Labute approximate surface area is 317 Å². The summed E-state index contributed by atoms with van der Waals surface area (Å²) in [5.41, 5.74) is -2.17. The molecular formula is C35H28Cl2F6N6O6. The number of hydrogen-bond donors (Lipinski definition) is 1. The summed E-state index contributed by atoms with van der Waals surface area (Å²) in [7, 11) is 3.60. The first-order valence-electron chi connectivity index (χ1n) is 16.5. The minimum atomic E-state index is -4.89. The minimum Gasteiger partial charge on any atom is -0.508 e. The van der Waals surface area contributed by atoms with Gasteiger partial charge in [0.15, 0.2) is 11.6 Å². The zero-order valence-electron chi connectivity index (χ0n) is 28.7. The van der Waals surface area contributed by atoms with Gasteiger partial charge in [-0.3, -0.25) is 29.2 Å². The van der Waals surface area contributed by atoms with Crippen molar-refractivity contribution in [3.63, 3.8) is 0 Å². The lowest BCUT2D eigenvalue weighted by Crippen LogP contribution is -2.46. The fourth-order valence-electron chi connectivity index (χ4n) is 8.31. The lowest BCUT2D eigenvalue weighted by atomic mass is 9.57. The number of aromatic hydroxyl groups is 1. The molecule has 2 saturated heterocycles. The highest BCUT2D eigenvalue weighted by molar-refractivity contribution is 6.33. The molecule has 290 valence electrons. The first-order valence-corrected chi connectivity index (χ1v) is 17.3. The zero-order chi connectivity index (χ0) is 40.0. The Hall–Kier alpha value is -5.10. The number of aromatic nitrogens is 2. The largest absolute Gasteiger partial charge is 0.508 e. The number of methoxy groups -OCH3 is 1. The van der Waals surface area contributed by atoms with Gasteiger partial charge in [-0.1, -0.05) is 40.9 Å². The van der Waals surface area contributed by atoms with Crippen molar-refractivity contribution in [3.05, 3.63) is 81.1 Å². The van der Waals surface area contributed by atoms with E-state index in [2.05, 4.69) is 9.97 Å². The van der Waals surface area contributed by atoms with Crippen LogP contribution in [0.25, 0.3) is 0 Å². The number of halogens is 8. The molecule has 1 aromatic carbocycles. The number of fused-ring (bicyclic) bond motifs is 4. The maximum absolute atomic E-state index is 14.5. The number of carbonyl (C=O) groups excluding carboxylic acids is 4. The normalized spacial score (nSPS) is 25.1. The quantitative estimate of drug-likeness (QED) is 0.172. The summed E-state index contributed by atoms with van der Waals surface area (Å²) in [5.74, 6) is -11.6. The van der Waals surface area contributed by atoms with Gasteiger partial charge in [0, 0.05) is 25.6 Å². The number of phenols is 1. The molecule has 4 heterocycles. The van der Waals surface area contributed by atoms with Crippen LogP contribution in [0.5, 0.6) is 11.5 Å². The molecule has 2 aromatic heterocycles. The third kappa shape index (κ3) is 6.00. The number of hydrazine groups is 2. The molecule has 3 fully saturated rings. The molecule has 12 nitrogen and oxygen atoms in total. The number of rotatable bonds is 6. The number of nitrogens with zero attached hydrogens (tertiary/aromatic N) is 6. The van der Waals surface area contributed by atoms with Crippen molar-refractivity contribution in [3.8, 4) is 11.5 Å². The second-order valence-corrected chi connectivity index (χ2v) is 14.3. The highest BCUT2D eigenvalue weighted by atomic mass is 35.5. The van der Waals surface area contributed by atoms with E-state index in [0.29, 0.717) is 27.7 Å². The fourth-order valence-corrected chi connectivity index (χ4v) is 8.77. The van der Waals surface area contributed by atoms with Crippen molar-refractivity contribution in [1.82, 2.24) is 20.0 Å². The van der Waals surface area contributed by atoms with Crippen LogP contribution in [0.1, 0.15) is 35.7 Å². The van der Waals surface area contributed by atoms with Gasteiger partial charge in [0.25, 0.3) is 23.6 Å². The number of pyridine rings is 2. The summed E-state index contributed by atoms with van der Waals surface area (Å²) in [6.45, 7) is 0. The van der Waals surface area contributed by atoms with Crippen molar-refractivity contribution in [2.24, 2.45) is 29.6 Å². The van der Waals surface area contributed by atoms with Gasteiger partial charge in [-0.05, 0) is 55.2 Å². The second kappa shape index (κ2) is 13.3. The van der Waals surface area contributed by atoms with Gasteiger partial charge in [0.05, 0.1) is 40.8 Å². The van der Waals surface area contributed by atoms with E-state index in [0.717, 1.165) is 36.2 Å². The first-order chi connectivity index (χ1) is 25.8. The smallest absolute Gasteiger partial charge is 0.433 e. The number of anilines is 2. The summed E-state index contributed by atoms with van der Waals surface area (Å²) < 4.78 is 87.3. The topological polar surface area (TPSA) is 136 Å². The first kappa shape index (κ1) is 38.2. The molecule has 6 unspecified atom stereocenters. The number of allylic oxidation sites excluding steroid dienone is 2. The number of alkyl halides is 6. The highest BCUT2D eigenvalue weighted by Gasteiger charge is 2.64. The average Bonchev–Trinajstić information content (AvgIpc) is 3.53. The van der Waals surface area contributed by atoms with E-state index in [4.69, 9.17) is 27.9 Å². The van der Waals surface area contributed by atoms with E-state index in [1.807, 2.05) is 0 Å². The van der Waals surface area contributed by atoms with Crippen LogP contribution in [0.4, 0.5) is 38.0 Å². The molecule has 0 radical (unpaired) electrons. The van der Waals surface area contributed by atoms with Crippen molar-refractivity contribution in [2.45, 2.75) is 31.1 Å². The number of benzene rings is 1. The minimum absolute atomic E-state index is 0.0749. The number of phenolic OH excluding ortho intramolecular Hbond substituents is 1. The van der Waals surface area contributed by atoms with Crippen LogP contribution in [0.2, 0.25) is 10.0 Å². The van der Waals surface area contributed by atoms with E-state index in [9.17, 15) is 50.6 Å². The summed E-state index contributed by atoms with van der Waals surface area (Å²) in [6, 6.07) is 7.44. The number of amides is 4. The Kier molecular flexibility index (Phi) is 9.22. The molecule has 0 spiro atoms. The van der Waals surface area contributed by atoms with Crippen LogP contribution in [-0.4, -0.2) is 69.9 Å². The summed E-state index contributed by atoms with van der Waals surface area (Å²) in [4.78, 5) is 64.3. The highest BCUT2D eigenvalue weighted by Crippen LogP contribution is 2.60. The molecule has 1 N–H and O–H groups in total. The molecule has 2 aliphatic carbocycles. The van der Waals surface area contributed by atoms with Gasteiger partial charge in [-0.25, -0.2) is 9.97 Å². The van der Waals surface area contributed by atoms with Gasteiger partial charge in [0.1, 0.15) is 22.9 Å². The molecule has 0 bridgehead atoms. The predicted molar refractivity (Wildman–Crippen MR) is 181 cm³/mol. The molecule has 7 rings (SSSR count). The number of imide groups is 2. The third-order valence-corrected chi connectivity index (χ3v) is 11.2. The van der Waals surface area contributed by atoms with Gasteiger partial charge in [-0.15, -0.1) is 0 Å².